The van der Waals surface area contributed by atoms with Gasteiger partial charge >= 0.3 is 0 Å². The molecule has 108 valence electrons. The Morgan fingerprint density at radius 1 is 1.25 bits per heavy atom. The van der Waals surface area contributed by atoms with E-state index in [0.29, 0.717) is 0 Å². The number of hydrogen-bond acceptors (Lipinski definition) is 5. The van der Waals surface area contributed by atoms with Crippen LogP contribution in [-0.4, -0.2) is 45.1 Å². The Hall–Kier alpha value is -0.850. The predicted octanol–water partition coefficient (Wildman–Crippen LogP) is 3.12. The van der Waals surface area contributed by atoms with Crippen LogP contribution in [0, 0.1) is 0 Å². The highest BCUT2D eigenvalue weighted by atomic mass is 32.2. The smallest absolute Gasteiger partial charge is 0.191 e. The van der Waals surface area contributed by atoms with Crippen LogP contribution >= 0.6 is 23.1 Å². The van der Waals surface area contributed by atoms with Crippen molar-refractivity contribution in [3.8, 4) is 10.7 Å². The molecule has 0 atom stereocenters. The first kappa shape index (κ1) is 14.1. The van der Waals surface area contributed by atoms with Crippen LogP contribution in [0.5, 0.6) is 0 Å². The summed E-state index contributed by atoms with van der Waals surface area (Å²) in [4.78, 5) is 3.75. The lowest BCUT2D eigenvalue weighted by Crippen LogP contribution is -2.31. The highest BCUT2D eigenvalue weighted by Gasteiger charge is 2.13. The molecule has 0 unspecified atom stereocenters. The number of piperidine rings is 1. The Labute approximate surface area is 128 Å². The van der Waals surface area contributed by atoms with Gasteiger partial charge < -0.3 is 9.47 Å². The van der Waals surface area contributed by atoms with Crippen LogP contribution < -0.4 is 0 Å². The van der Waals surface area contributed by atoms with E-state index in [0.717, 1.165) is 23.3 Å². The quantitative estimate of drug-likeness (QED) is 0.795. The number of hydrogen-bond donors (Lipinski definition) is 0. The fraction of sp³-hybridized carbons (Fsp3) is 0.571. The molecule has 1 fully saturated rings. The summed E-state index contributed by atoms with van der Waals surface area (Å²) in [5.41, 5.74) is 0. The fourth-order valence-corrected chi connectivity index (χ4v) is 4.16. The van der Waals surface area contributed by atoms with Crippen molar-refractivity contribution in [1.29, 1.82) is 0 Å². The van der Waals surface area contributed by atoms with Gasteiger partial charge in [0.25, 0.3) is 0 Å². The molecule has 1 aliphatic rings. The van der Waals surface area contributed by atoms with E-state index >= 15 is 0 Å². The molecule has 6 heteroatoms. The van der Waals surface area contributed by atoms with Crippen molar-refractivity contribution in [3.63, 3.8) is 0 Å². The maximum absolute atomic E-state index is 4.32. The summed E-state index contributed by atoms with van der Waals surface area (Å²) in [6, 6.07) is 4.15. The molecular weight excluding hydrogens is 288 g/mol. The molecular formula is C14H20N4S2. The van der Waals surface area contributed by atoms with Gasteiger partial charge in [-0.1, -0.05) is 24.2 Å². The van der Waals surface area contributed by atoms with Gasteiger partial charge in [0.2, 0.25) is 0 Å². The van der Waals surface area contributed by atoms with E-state index < -0.39 is 0 Å². The second kappa shape index (κ2) is 6.74. The maximum atomic E-state index is 4.32. The van der Waals surface area contributed by atoms with Gasteiger partial charge in [-0.05, 0) is 37.4 Å². The molecule has 0 saturated carbocycles. The Balaban J connectivity index is 1.55. The molecule has 3 heterocycles. The molecule has 0 aliphatic carbocycles. The topological polar surface area (TPSA) is 34.0 Å². The van der Waals surface area contributed by atoms with Crippen molar-refractivity contribution in [2.24, 2.45) is 7.05 Å². The summed E-state index contributed by atoms with van der Waals surface area (Å²) in [5, 5.41) is 11.7. The third kappa shape index (κ3) is 3.24. The minimum atomic E-state index is 0.973. The SMILES string of the molecule is Cn1c(SCCN2CCCCC2)nnc1-c1cccs1. The molecule has 0 radical (unpaired) electrons. The standard InChI is InChI=1S/C14H20N4S2/c1-17-13(12-6-5-10-19-12)15-16-14(17)20-11-9-18-7-3-2-4-8-18/h5-6,10H,2-4,7-9,11H2,1H3. The van der Waals surface area contributed by atoms with E-state index in [2.05, 4.69) is 44.2 Å². The summed E-state index contributed by atoms with van der Waals surface area (Å²) in [6.07, 6.45) is 4.12. The van der Waals surface area contributed by atoms with Crippen molar-refractivity contribution >= 4 is 23.1 Å². The molecule has 2 aromatic rings. The first-order valence-corrected chi connectivity index (χ1v) is 8.99. The molecule has 2 aromatic heterocycles. The predicted molar refractivity (Wildman–Crippen MR) is 85.3 cm³/mol. The zero-order valence-corrected chi connectivity index (χ0v) is 13.4. The number of thioether (sulfide) groups is 1. The summed E-state index contributed by atoms with van der Waals surface area (Å²) in [7, 11) is 2.05. The molecule has 0 aromatic carbocycles. The lowest BCUT2D eigenvalue weighted by atomic mass is 10.1. The molecule has 0 bridgehead atoms. The van der Waals surface area contributed by atoms with Gasteiger partial charge in [0.1, 0.15) is 0 Å². The lowest BCUT2D eigenvalue weighted by Gasteiger charge is -2.25. The van der Waals surface area contributed by atoms with Crippen molar-refractivity contribution < 1.29 is 0 Å². The summed E-state index contributed by atoms with van der Waals surface area (Å²) < 4.78 is 2.10. The van der Waals surface area contributed by atoms with Gasteiger partial charge in [-0.2, -0.15) is 0 Å². The third-order valence-electron chi connectivity index (χ3n) is 3.66. The lowest BCUT2D eigenvalue weighted by molar-refractivity contribution is 0.242. The fourth-order valence-electron chi connectivity index (χ4n) is 2.51. The zero-order valence-electron chi connectivity index (χ0n) is 11.8. The Kier molecular flexibility index (Phi) is 4.75. The monoisotopic (exact) mass is 308 g/mol. The van der Waals surface area contributed by atoms with Crippen LogP contribution in [0.25, 0.3) is 10.7 Å². The van der Waals surface area contributed by atoms with Crippen molar-refractivity contribution in [1.82, 2.24) is 19.7 Å². The third-order valence-corrected chi connectivity index (χ3v) is 5.53. The van der Waals surface area contributed by atoms with Crippen LogP contribution in [0.2, 0.25) is 0 Å². The summed E-state index contributed by atoms with van der Waals surface area (Å²) >= 11 is 3.52. The molecule has 4 nitrogen and oxygen atoms in total. The minimum absolute atomic E-state index is 0.973. The summed E-state index contributed by atoms with van der Waals surface area (Å²) in [5.74, 6) is 2.07. The molecule has 3 rings (SSSR count). The van der Waals surface area contributed by atoms with Crippen LogP contribution in [0.3, 0.4) is 0 Å². The Morgan fingerprint density at radius 2 is 2.10 bits per heavy atom. The van der Waals surface area contributed by atoms with E-state index in [1.165, 1.54) is 37.2 Å². The van der Waals surface area contributed by atoms with E-state index in [9.17, 15) is 0 Å². The second-order valence-electron chi connectivity index (χ2n) is 5.09. The number of nitrogens with zero attached hydrogens (tertiary/aromatic N) is 4. The van der Waals surface area contributed by atoms with E-state index in [1.807, 2.05) is 11.8 Å². The molecule has 0 amide bonds. The van der Waals surface area contributed by atoms with Crippen LogP contribution in [-0.2, 0) is 7.05 Å². The van der Waals surface area contributed by atoms with Gasteiger partial charge in [0.15, 0.2) is 11.0 Å². The normalized spacial score (nSPS) is 16.6. The molecule has 1 saturated heterocycles. The number of aromatic nitrogens is 3. The number of likely N-dealkylation sites (tertiary alicyclic amines) is 1. The van der Waals surface area contributed by atoms with Gasteiger partial charge in [0, 0.05) is 19.3 Å². The molecule has 0 N–H and O–H groups in total. The van der Waals surface area contributed by atoms with E-state index in [1.54, 1.807) is 11.3 Å². The van der Waals surface area contributed by atoms with Gasteiger partial charge in [-0.15, -0.1) is 21.5 Å². The first-order chi connectivity index (χ1) is 9.84. The van der Waals surface area contributed by atoms with Gasteiger partial charge in [-0.3, -0.25) is 0 Å². The average Bonchev–Trinajstić information content (AvgIpc) is 3.11. The first-order valence-electron chi connectivity index (χ1n) is 7.13. The van der Waals surface area contributed by atoms with Crippen molar-refractivity contribution in [2.75, 3.05) is 25.4 Å². The van der Waals surface area contributed by atoms with Gasteiger partial charge in [-0.25, -0.2) is 0 Å². The van der Waals surface area contributed by atoms with E-state index in [4.69, 9.17) is 0 Å². The average molecular weight is 308 g/mol. The van der Waals surface area contributed by atoms with Crippen molar-refractivity contribution in [3.05, 3.63) is 17.5 Å². The van der Waals surface area contributed by atoms with Crippen molar-refractivity contribution in [2.45, 2.75) is 24.4 Å². The Morgan fingerprint density at radius 3 is 2.85 bits per heavy atom. The maximum Gasteiger partial charge on any atom is 0.191 e. The zero-order chi connectivity index (χ0) is 13.8. The highest BCUT2D eigenvalue weighted by Crippen LogP contribution is 2.26. The van der Waals surface area contributed by atoms with Crippen LogP contribution in [0.15, 0.2) is 22.7 Å². The van der Waals surface area contributed by atoms with Gasteiger partial charge in [0.05, 0.1) is 4.88 Å². The minimum Gasteiger partial charge on any atom is -0.305 e. The van der Waals surface area contributed by atoms with Crippen LogP contribution in [0.4, 0.5) is 0 Å². The van der Waals surface area contributed by atoms with E-state index in [-0.39, 0.29) is 0 Å². The summed E-state index contributed by atoms with van der Waals surface area (Å²) in [6.45, 7) is 3.69. The Bertz CT molecular complexity index is 529. The number of thiophene rings is 1. The highest BCUT2D eigenvalue weighted by molar-refractivity contribution is 7.99. The number of rotatable bonds is 5. The molecule has 1 aliphatic heterocycles. The van der Waals surface area contributed by atoms with Crippen LogP contribution in [0.1, 0.15) is 19.3 Å². The molecule has 0 spiro atoms. The second-order valence-corrected chi connectivity index (χ2v) is 7.10. The largest absolute Gasteiger partial charge is 0.305 e. The molecule has 20 heavy (non-hydrogen) atoms.